The van der Waals surface area contributed by atoms with Crippen LogP contribution in [0.1, 0.15) is 36.1 Å². The molecular weight excluding hydrogens is 448 g/mol. The van der Waals surface area contributed by atoms with Gasteiger partial charge in [-0.05, 0) is 55.5 Å². The summed E-state index contributed by atoms with van der Waals surface area (Å²) in [6.45, 7) is 0. The number of hydrogen-bond donors (Lipinski definition) is 2. The molecule has 2 heterocycles. The highest BCUT2D eigenvalue weighted by atomic mass is 32.2. The van der Waals surface area contributed by atoms with E-state index >= 15 is 0 Å². The van der Waals surface area contributed by atoms with Crippen molar-refractivity contribution in [3.05, 3.63) is 45.1 Å². The van der Waals surface area contributed by atoms with Crippen LogP contribution in [-0.2, 0) is 17.6 Å². The standard InChI is InChI=1S/C22H24N4O4S2/c1-30-14-9-7-13(8-10-14)26-20(28)18-15-5-3-2-4-6-16(15)32-19(18)25-22(26)31-12-11-17(27)24-21(23)29/h7-10H,2-6,11-12H2,1H3,(H3,23,24,27,29). The molecule has 0 atom stereocenters. The van der Waals surface area contributed by atoms with Gasteiger partial charge in [0.05, 0.1) is 18.2 Å². The van der Waals surface area contributed by atoms with Gasteiger partial charge in [0.2, 0.25) is 5.91 Å². The molecule has 3 amide bonds. The maximum Gasteiger partial charge on any atom is 0.318 e. The van der Waals surface area contributed by atoms with E-state index in [0.717, 1.165) is 36.1 Å². The second-order valence-corrected chi connectivity index (χ2v) is 9.63. The Morgan fingerprint density at radius 3 is 2.69 bits per heavy atom. The number of benzene rings is 1. The monoisotopic (exact) mass is 472 g/mol. The van der Waals surface area contributed by atoms with Crippen LogP contribution in [0.15, 0.2) is 34.2 Å². The first kappa shape index (κ1) is 22.3. The predicted octanol–water partition coefficient (Wildman–Crippen LogP) is 3.40. The summed E-state index contributed by atoms with van der Waals surface area (Å²) < 4.78 is 6.85. The smallest absolute Gasteiger partial charge is 0.318 e. The number of aromatic nitrogens is 2. The summed E-state index contributed by atoms with van der Waals surface area (Å²) >= 11 is 2.90. The van der Waals surface area contributed by atoms with Crippen LogP contribution in [-0.4, -0.2) is 34.4 Å². The number of thioether (sulfide) groups is 1. The first-order chi connectivity index (χ1) is 15.5. The molecule has 4 rings (SSSR count). The lowest BCUT2D eigenvalue weighted by molar-refractivity contribution is -0.119. The number of carbonyl (C=O) groups excluding carboxylic acids is 2. The van der Waals surface area contributed by atoms with Gasteiger partial charge in [-0.25, -0.2) is 9.78 Å². The van der Waals surface area contributed by atoms with Crippen LogP contribution in [0.2, 0.25) is 0 Å². The molecule has 1 aliphatic carbocycles. The average molecular weight is 473 g/mol. The molecule has 8 nitrogen and oxygen atoms in total. The number of nitrogens with two attached hydrogens (primary N) is 1. The molecule has 3 N–H and O–H groups in total. The highest BCUT2D eigenvalue weighted by Gasteiger charge is 2.22. The highest BCUT2D eigenvalue weighted by molar-refractivity contribution is 7.99. The van der Waals surface area contributed by atoms with Gasteiger partial charge < -0.3 is 10.5 Å². The van der Waals surface area contributed by atoms with Crippen molar-refractivity contribution in [2.45, 2.75) is 43.7 Å². The van der Waals surface area contributed by atoms with E-state index in [1.165, 1.54) is 23.1 Å². The van der Waals surface area contributed by atoms with E-state index in [2.05, 4.69) is 5.32 Å². The molecule has 0 bridgehead atoms. The Kier molecular flexibility index (Phi) is 6.80. The zero-order valence-electron chi connectivity index (χ0n) is 17.7. The number of rotatable bonds is 6. The number of imide groups is 1. The molecular formula is C22H24N4O4S2. The maximum absolute atomic E-state index is 13.7. The van der Waals surface area contributed by atoms with Gasteiger partial charge in [0.15, 0.2) is 5.16 Å². The van der Waals surface area contributed by atoms with Gasteiger partial charge >= 0.3 is 6.03 Å². The average Bonchev–Trinajstić information content (AvgIpc) is 2.95. The summed E-state index contributed by atoms with van der Waals surface area (Å²) in [5, 5.41) is 3.27. The van der Waals surface area contributed by atoms with E-state index in [4.69, 9.17) is 15.5 Å². The van der Waals surface area contributed by atoms with Gasteiger partial charge in [-0.2, -0.15) is 0 Å². The van der Waals surface area contributed by atoms with Gasteiger partial charge in [0.25, 0.3) is 5.56 Å². The minimum atomic E-state index is -0.880. The number of ether oxygens (including phenoxy) is 1. The lowest BCUT2D eigenvalue weighted by Gasteiger charge is -2.13. The van der Waals surface area contributed by atoms with E-state index in [9.17, 15) is 14.4 Å². The van der Waals surface area contributed by atoms with Crippen molar-refractivity contribution < 1.29 is 14.3 Å². The Hall–Kier alpha value is -2.85. The minimum absolute atomic E-state index is 0.0745. The lowest BCUT2D eigenvalue weighted by Crippen LogP contribution is -2.35. The summed E-state index contributed by atoms with van der Waals surface area (Å²) in [7, 11) is 1.59. The van der Waals surface area contributed by atoms with Crippen molar-refractivity contribution >= 4 is 45.3 Å². The molecule has 0 spiro atoms. The third kappa shape index (κ3) is 4.66. The lowest BCUT2D eigenvalue weighted by atomic mass is 10.1. The van der Waals surface area contributed by atoms with E-state index in [-0.39, 0.29) is 12.0 Å². The largest absolute Gasteiger partial charge is 0.497 e. The fourth-order valence-corrected chi connectivity index (χ4v) is 6.11. The summed E-state index contributed by atoms with van der Waals surface area (Å²) in [5.41, 5.74) is 6.72. The number of aryl methyl sites for hydroxylation is 2. The highest BCUT2D eigenvalue weighted by Crippen LogP contribution is 2.34. The number of carbonyl (C=O) groups is 2. The molecule has 0 radical (unpaired) electrons. The molecule has 0 unspecified atom stereocenters. The first-order valence-electron chi connectivity index (χ1n) is 10.4. The third-order valence-electron chi connectivity index (χ3n) is 5.36. The number of amides is 3. The Labute approximate surface area is 193 Å². The molecule has 3 aromatic rings. The van der Waals surface area contributed by atoms with Crippen molar-refractivity contribution in [2.24, 2.45) is 5.73 Å². The van der Waals surface area contributed by atoms with E-state index in [0.29, 0.717) is 27.7 Å². The Morgan fingerprint density at radius 2 is 1.97 bits per heavy atom. The van der Waals surface area contributed by atoms with Crippen molar-refractivity contribution in [3.8, 4) is 11.4 Å². The summed E-state index contributed by atoms with van der Waals surface area (Å²) in [6.07, 6.45) is 5.33. The second-order valence-electron chi connectivity index (χ2n) is 7.49. The van der Waals surface area contributed by atoms with Crippen molar-refractivity contribution in [3.63, 3.8) is 0 Å². The third-order valence-corrected chi connectivity index (χ3v) is 7.49. The number of primary amides is 1. The number of fused-ring (bicyclic) bond motifs is 3. The molecule has 0 aliphatic heterocycles. The van der Waals surface area contributed by atoms with Crippen LogP contribution in [0, 0.1) is 0 Å². The molecule has 32 heavy (non-hydrogen) atoms. The summed E-state index contributed by atoms with van der Waals surface area (Å²) in [6, 6.07) is 6.37. The molecule has 2 aromatic heterocycles. The van der Waals surface area contributed by atoms with E-state index in [1.54, 1.807) is 35.1 Å². The zero-order chi connectivity index (χ0) is 22.7. The van der Waals surface area contributed by atoms with E-state index in [1.807, 2.05) is 12.1 Å². The topological polar surface area (TPSA) is 116 Å². The van der Waals surface area contributed by atoms with Gasteiger partial charge in [-0.15, -0.1) is 11.3 Å². The number of methoxy groups -OCH3 is 1. The molecule has 0 fully saturated rings. The van der Waals surface area contributed by atoms with Crippen LogP contribution < -0.4 is 21.3 Å². The Balaban J connectivity index is 1.77. The molecule has 1 aliphatic rings. The summed E-state index contributed by atoms with van der Waals surface area (Å²) in [5.74, 6) is 0.572. The Morgan fingerprint density at radius 1 is 1.22 bits per heavy atom. The number of urea groups is 1. The van der Waals surface area contributed by atoms with Crippen LogP contribution in [0.25, 0.3) is 15.9 Å². The van der Waals surface area contributed by atoms with Crippen LogP contribution >= 0.6 is 23.1 Å². The molecule has 10 heteroatoms. The fourth-order valence-electron chi connectivity index (χ4n) is 3.85. The molecule has 1 aromatic carbocycles. The first-order valence-corrected chi connectivity index (χ1v) is 12.2. The fraction of sp³-hybridized carbons (Fsp3) is 0.364. The van der Waals surface area contributed by atoms with Crippen molar-refractivity contribution in [2.75, 3.05) is 12.9 Å². The quantitative estimate of drug-likeness (QED) is 0.323. The van der Waals surface area contributed by atoms with Crippen molar-refractivity contribution in [1.29, 1.82) is 0 Å². The van der Waals surface area contributed by atoms with Crippen molar-refractivity contribution in [1.82, 2.24) is 14.9 Å². The second kappa shape index (κ2) is 9.74. The Bertz CT molecular complexity index is 1220. The predicted molar refractivity (Wildman–Crippen MR) is 126 cm³/mol. The number of nitrogens with zero attached hydrogens (tertiary/aromatic N) is 2. The van der Waals surface area contributed by atoms with E-state index < -0.39 is 11.9 Å². The molecule has 0 saturated carbocycles. The molecule has 168 valence electrons. The normalized spacial score (nSPS) is 13.4. The van der Waals surface area contributed by atoms with Crippen LogP contribution in [0.5, 0.6) is 5.75 Å². The SMILES string of the molecule is COc1ccc(-n2c(SCCC(=O)NC(N)=O)nc3sc4c(c3c2=O)CCCCC4)cc1. The van der Waals surface area contributed by atoms with Gasteiger partial charge in [-0.1, -0.05) is 18.2 Å². The van der Waals surface area contributed by atoms with Gasteiger partial charge in [-0.3, -0.25) is 19.5 Å². The van der Waals surface area contributed by atoms with Gasteiger partial charge in [0.1, 0.15) is 10.6 Å². The minimum Gasteiger partial charge on any atom is -0.497 e. The van der Waals surface area contributed by atoms with Gasteiger partial charge in [0, 0.05) is 17.1 Å². The number of thiophene rings is 1. The number of hydrogen-bond acceptors (Lipinski definition) is 7. The zero-order valence-corrected chi connectivity index (χ0v) is 19.3. The van der Waals surface area contributed by atoms with Crippen LogP contribution in [0.3, 0.4) is 0 Å². The summed E-state index contributed by atoms with van der Waals surface area (Å²) in [4.78, 5) is 43.2. The number of nitrogens with one attached hydrogen (secondary N) is 1. The maximum atomic E-state index is 13.7. The van der Waals surface area contributed by atoms with Crippen LogP contribution in [0.4, 0.5) is 4.79 Å². The molecule has 0 saturated heterocycles.